The maximum absolute atomic E-state index is 6.62. The monoisotopic (exact) mass is 334 g/mol. The van der Waals surface area contributed by atoms with Crippen LogP contribution in [0.5, 0.6) is 0 Å². The zero-order chi connectivity index (χ0) is 17.0. The minimum atomic E-state index is -1.85. The molecular weight excluding hydrogens is 304 g/mol. The van der Waals surface area contributed by atoms with E-state index < -0.39 is 14.1 Å². The molecule has 0 unspecified atom stereocenters. The van der Waals surface area contributed by atoms with E-state index in [2.05, 4.69) is 58.2 Å². The number of allylic oxidation sites excluding steroid dienone is 2. The third-order valence-corrected chi connectivity index (χ3v) is 9.88. The molecule has 0 bridgehead atoms. The average molecular weight is 335 g/mol. The lowest BCUT2D eigenvalue weighted by Crippen LogP contribution is -2.52. The van der Waals surface area contributed by atoms with Gasteiger partial charge in [-0.3, -0.25) is 0 Å². The van der Waals surface area contributed by atoms with Crippen molar-refractivity contribution in [3.63, 3.8) is 0 Å². The van der Waals surface area contributed by atoms with E-state index in [-0.39, 0.29) is 23.2 Å². The molecule has 0 aromatic carbocycles. The Morgan fingerprint density at radius 1 is 1.13 bits per heavy atom. The summed E-state index contributed by atoms with van der Waals surface area (Å²) in [5.74, 6) is 0.762. The molecule has 1 aliphatic heterocycles. The van der Waals surface area contributed by atoms with Crippen molar-refractivity contribution in [2.45, 2.75) is 77.2 Å². The molecule has 3 rings (SSSR count). The highest BCUT2D eigenvalue weighted by molar-refractivity contribution is 6.74. The van der Waals surface area contributed by atoms with Crippen molar-refractivity contribution >= 4 is 8.32 Å². The molecule has 0 aromatic rings. The Balaban J connectivity index is 1.93. The molecule has 1 heterocycles. The zero-order valence-corrected chi connectivity index (χ0v) is 16.5. The summed E-state index contributed by atoms with van der Waals surface area (Å²) >= 11 is 0. The fourth-order valence-electron chi connectivity index (χ4n) is 3.28. The van der Waals surface area contributed by atoms with E-state index in [4.69, 9.17) is 13.9 Å². The SMILES string of the molecule is CC1(C)O[C@H]2C=CC(O[Si](C)(C)C(C)(C)C)=C3CC=C[C@@H](O1)[C@H]32. The molecule has 0 amide bonds. The Hall–Kier alpha value is -0.843. The Kier molecular flexibility index (Phi) is 3.94. The molecule has 4 heteroatoms. The van der Waals surface area contributed by atoms with Gasteiger partial charge in [-0.2, -0.15) is 0 Å². The highest BCUT2D eigenvalue weighted by Gasteiger charge is 2.47. The molecular formula is C19H30O3Si. The summed E-state index contributed by atoms with van der Waals surface area (Å²) in [4.78, 5) is 0. The van der Waals surface area contributed by atoms with E-state index in [0.717, 1.165) is 12.2 Å². The summed E-state index contributed by atoms with van der Waals surface area (Å²) in [5, 5.41) is 0.191. The fraction of sp³-hybridized carbons (Fsp3) is 0.684. The van der Waals surface area contributed by atoms with Crippen LogP contribution in [0.3, 0.4) is 0 Å². The van der Waals surface area contributed by atoms with Crippen LogP contribution in [-0.4, -0.2) is 26.3 Å². The van der Waals surface area contributed by atoms with Gasteiger partial charge < -0.3 is 13.9 Å². The van der Waals surface area contributed by atoms with Gasteiger partial charge in [0.05, 0.1) is 12.2 Å². The first-order valence-corrected chi connectivity index (χ1v) is 11.5. The Morgan fingerprint density at radius 2 is 1.74 bits per heavy atom. The van der Waals surface area contributed by atoms with Gasteiger partial charge in [0.15, 0.2) is 5.79 Å². The topological polar surface area (TPSA) is 27.7 Å². The van der Waals surface area contributed by atoms with Crippen molar-refractivity contribution in [1.82, 2.24) is 0 Å². The van der Waals surface area contributed by atoms with Crippen LogP contribution in [0.15, 0.2) is 35.6 Å². The van der Waals surface area contributed by atoms with Crippen LogP contribution in [0.2, 0.25) is 18.1 Å². The number of hydrogen-bond donors (Lipinski definition) is 0. The maximum atomic E-state index is 6.62. The molecule has 1 fully saturated rings. The van der Waals surface area contributed by atoms with E-state index in [1.54, 1.807) is 0 Å². The molecule has 0 spiro atoms. The summed E-state index contributed by atoms with van der Waals surface area (Å²) in [7, 11) is -1.85. The predicted octanol–water partition coefficient (Wildman–Crippen LogP) is 4.93. The van der Waals surface area contributed by atoms with Crippen LogP contribution in [0.4, 0.5) is 0 Å². The van der Waals surface area contributed by atoms with Crippen molar-refractivity contribution in [2.24, 2.45) is 5.92 Å². The molecule has 2 aliphatic carbocycles. The van der Waals surface area contributed by atoms with Crippen molar-refractivity contribution in [3.8, 4) is 0 Å². The molecule has 0 aromatic heterocycles. The van der Waals surface area contributed by atoms with Crippen LogP contribution in [0, 0.1) is 5.92 Å². The van der Waals surface area contributed by atoms with Gasteiger partial charge in [-0.1, -0.05) is 39.0 Å². The second-order valence-electron chi connectivity index (χ2n) is 8.83. The highest BCUT2D eigenvalue weighted by Crippen LogP contribution is 2.46. The summed E-state index contributed by atoms with van der Waals surface area (Å²) in [6.07, 6.45) is 9.78. The van der Waals surface area contributed by atoms with E-state index in [1.807, 2.05) is 13.8 Å². The average Bonchev–Trinajstić information content (AvgIpc) is 2.39. The minimum Gasteiger partial charge on any atom is -0.544 e. The summed E-state index contributed by atoms with van der Waals surface area (Å²) in [5.41, 5.74) is 1.34. The van der Waals surface area contributed by atoms with Crippen molar-refractivity contribution in [2.75, 3.05) is 0 Å². The number of ether oxygens (including phenoxy) is 2. The lowest BCUT2D eigenvalue weighted by atomic mass is 9.78. The largest absolute Gasteiger partial charge is 0.544 e. The highest BCUT2D eigenvalue weighted by atomic mass is 28.4. The first-order chi connectivity index (χ1) is 10.5. The second-order valence-corrected chi connectivity index (χ2v) is 13.6. The Morgan fingerprint density at radius 3 is 2.35 bits per heavy atom. The second kappa shape index (κ2) is 5.33. The molecule has 0 radical (unpaired) electrons. The predicted molar refractivity (Wildman–Crippen MR) is 95.5 cm³/mol. The van der Waals surface area contributed by atoms with Crippen LogP contribution in [0.25, 0.3) is 0 Å². The van der Waals surface area contributed by atoms with Gasteiger partial charge in [-0.05, 0) is 50.0 Å². The quantitative estimate of drug-likeness (QED) is 0.529. The molecule has 23 heavy (non-hydrogen) atoms. The summed E-state index contributed by atoms with van der Waals surface area (Å²) in [6, 6.07) is 0. The Bertz CT molecular complexity index is 578. The Labute approximate surface area is 141 Å². The molecule has 128 valence electrons. The molecule has 3 nitrogen and oxygen atoms in total. The lowest BCUT2D eigenvalue weighted by Gasteiger charge is -2.48. The van der Waals surface area contributed by atoms with Crippen molar-refractivity contribution in [3.05, 3.63) is 35.6 Å². The number of rotatable bonds is 2. The third kappa shape index (κ3) is 3.09. The van der Waals surface area contributed by atoms with E-state index in [0.29, 0.717) is 0 Å². The normalized spacial score (nSPS) is 32.7. The first-order valence-electron chi connectivity index (χ1n) is 8.63. The zero-order valence-electron chi connectivity index (χ0n) is 15.5. The first kappa shape index (κ1) is 17.0. The smallest absolute Gasteiger partial charge is 0.250 e. The van der Waals surface area contributed by atoms with Gasteiger partial charge in [0, 0.05) is 5.92 Å². The van der Waals surface area contributed by atoms with Gasteiger partial charge in [-0.25, -0.2) is 0 Å². The standard InChI is InChI=1S/C19H30O3Si/c1-18(2,3)23(6,7)22-14-11-12-16-17-13(14)9-8-10-15(17)20-19(4,5)21-16/h8,10-12,15-17H,9H2,1-7H3/t15-,16+,17+/m1/s1. The van der Waals surface area contributed by atoms with Crippen molar-refractivity contribution < 1.29 is 13.9 Å². The maximum Gasteiger partial charge on any atom is 0.250 e. The van der Waals surface area contributed by atoms with Crippen molar-refractivity contribution in [1.29, 1.82) is 0 Å². The van der Waals surface area contributed by atoms with Gasteiger partial charge >= 0.3 is 0 Å². The van der Waals surface area contributed by atoms with Crippen LogP contribution >= 0.6 is 0 Å². The van der Waals surface area contributed by atoms with Crippen LogP contribution in [0.1, 0.15) is 41.0 Å². The summed E-state index contributed by atoms with van der Waals surface area (Å²) < 4.78 is 18.9. The number of hydrogen-bond acceptors (Lipinski definition) is 3. The molecule has 0 N–H and O–H groups in total. The minimum absolute atomic E-state index is 0.0791. The van der Waals surface area contributed by atoms with Crippen LogP contribution in [-0.2, 0) is 13.9 Å². The third-order valence-electron chi connectivity index (χ3n) is 5.54. The van der Waals surface area contributed by atoms with E-state index >= 15 is 0 Å². The van der Waals surface area contributed by atoms with Gasteiger partial charge in [0.1, 0.15) is 5.76 Å². The lowest BCUT2D eigenvalue weighted by molar-refractivity contribution is -0.297. The van der Waals surface area contributed by atoms with E-state index in [1.165, 1.54) is 5.57 Å². The summed E-state index contributed by atoms with van der Waals surface area (Å²) in [6.45, 7) is 15.4. The fourth-order valence-corrected chi connectivity index (χ4v) is 4.33. The molecule has 3 aliphatic rings. The van der Waals surface area contributed by atoms with E-state index in [9.17, 15) is 0 Å². The molecule has 0 saturated carbocycles. The van der Waals surface area contributed by atoms with Gasteiger partial charge in [0.2, 0.25) is 8.32 Å². The van der Waals surface area contributed by atoms with Gasteiger partial charge in [0.25, 0.3) is 0 Å². The van der Waals surface area contributed by atoms with Gasteiger partial charge in [-0.15, -0.1) is 0 Å². The van der Waals surface area contributed by atoms with Crippen LogP contribution < -0.4 is 0 Å². The molecule has 1 saturated heterocycles. The molecule has 3 atom stereocenters.